The number of hydrogen-bond acceptors (Lipinski definition) is 2. The van der Waals surface area contributed by atoms with Gasteiger partial charge in [-0.1, -0.05) is 42.5 Å². The van der Waals surface area contributed by atoms with Gasteiger partial charge in [-0.3, -0.25) is 9.69 Å². The minimum Gasteiger partial charge on any atom is -0.299 e. The van der Waals surface area contributed by atoms with Crippen LogP contribution in [0.1, 0.15) is 24.8 Å². The number of nitrogens with zero attached hydrogens (tertiary/aromatic N) is 1. The number of carbonyl (C=O) groups is 1. The molecule has 2 fully saturated rings. The zero-order chi connectivity index (χ0) is 12.5. The van der Waals surface area contributed by atoms with Gasteiger partial charge in [0.1, 0.15) is 5.78 Å². The molecule has 2 aliphatic rings. The Balaban J connectivity index is 1.74. The first kappa shape index (κ1) is 11.7. The minimum atomic E-state index is 0.149. The Morgan fingerprint density at radius 3 is 2.83 bits per heavy atom. The molecule has 18 heavy (non-hydrogen) atoms. The molecule has 2 atom stereocenters. The summed E-state index contributed by atoms with van der Waals surface area (Å²) in [6.07, 6.45) is 2.75. The van der Waals surface area contributed by atoms with E-state index in [1.54, 1.807) is 0 Å². The summed E-state index contributed by atoms with van der Waals surface area (Å²) in [6.45, 7) is 5.98. The van der Waals surface area contributed by atoms with Gasteiger partial charge in [0.25, 0.3) is 0 Å². The number of ketones is 1. The van der Waals surface area contributed by atoms with Gasteiger partial charge < -0.3 is 0 Å². The van der Waals surface area contributed by atoms with Gasteiger partial charge >= 0.3 is 0 Å². The first-order chi connectivity index (χ1) is 8.74. The predicted octanol–water partition coefficient (Wildman–Crippen LogP) is 2.80. The number of carbonyl (C=O) groups excluding carboxylic acids is 1. The zero-order valence-corrected chi connectivity index (χ0v) is 10.6. The first-order valence-corrected chi connectivity index (χ1v) is 6.72. The lowest BCUT2D eigenvalue weighted by molar-refractivity contribution is -0.126. The van der Waals surface area contributed by atoms with Crippen molar-refractivity contribution < 1.29 is 4.79 Å². The third-order valence-electron chi connectivity index (χ3n) is 4.26. The fourth-order valence-corrected chi connectivity index (χ4v) is 3.23. The monoisotopic (exact) mass is 241 g/mol. The van der Waals surface area contributed by atoms with Gasteiger partial charge in [-0.25, -0.2) is 0 Å². The van der Waals surface area contributed by atoms with Crippen molar-refractivity contribution >= 4 is 5.78 Å². The minimum absolute atomic E-state index is 0.149. The summed E-state index contributed by atoms with van der Waals surface area (Å²) in [5.74, 6) is 0.561. The van der Waals surface area contributed by atoms with Crippen LogP contribution < -0.4 is 0 Å². The van der Waals surface area contributed by atoms with Crippen molar-refractivity contribution in [1.82, 2.24) is 4.90 Å². The topological polar surface area (TPSA) is 20.3 Å². The second kappa shape index (κ2) is 4.69. The van der Waals surface area contributed by atoms with Gasteiger partial charge in [-0.05, 0) is 18.4 Å². The molecule has 0 radical (unpaired) electrons. The smallest absolute Gasteiger partial charge is 0.140 e. The Morgan fingerprint density at radius 2 is 2.06 bits per heavy atom. The standard InChI is InChI=1S/C16H19NO/c1-12-10-17(11-13-5-3-2-4-6-13)14-7-8-16(18)15(12)9-14/h2-6,14-15H,1,7-11H2/t14-,15+/m0/s1. The molecule has 1 aromatic rings. The van der Waals surface area contributed by atoms with Crippen LogP contribution in [0, 0.1) is 5.92 Å². The third kappa shape index (κ3) is 2.13. The van der Waals surface area contributed by atoms with E-state index in [0.717, 1.165) is 37.9 Å². The average Bonchev–Trinajstić information content (AvgIpc) is 2.39. The lowest BCUT2D eigenvalue weighted by Gasteiger charge is -2.43. The largest absolute Gasteiger partial charge is 0.299 e. The molecule has 3 rings (SSSR count). The normalized spacial score (nSPS) is 28.4. The summed E-state index contributed by atoms with van der Waals surface area (Å²) in [6, 6.07) is 11.1. The van der Waals surface area contributed by atoms with E-state index in [1.165, 1.54) is 5.56 Å². The van der Waals surface area contributed by atoms with E-state index in [2.05, 4.69) is 35.7 Å². The van der Waals surface area contributed by atoms with Crippen LogP contribution in [0.25, 0.3) is 0 Å². The van der Waals surface area contributed by atoms with Crippen molar-refractivity contribution in [2.75, 3.05) is 6.54 Å². The number of fused-ring (bicyclic) bond motifs is 2. The Hall–Kier alpha value is -1.41. The predicted molar refractivity (Wildman–Crippen MR) is 72.1 cm³/mol. The second-order valence-corrected chi connectivity index (χ2v) is 5.50. The van der Waals surface area contributed by atoms with E-state index in [4.69, 9.17) is 0 Å². The maximum atomic E-state index is 11.8. The lowest BCUT2D eigenvalue weighted by atomic mass is 9.76. The molecule has 0 amide bonds. The van der Waals surface area contributed by atoms with Gasteiger partial charge in [-0.2, -0.15) is 0 Å². The number of benzene rings is 1. The molecule has 1 aromatic carbocycles. The molecule has 1 aliphatic heterocycles. The molecule has 1 heterocycles. The average molecular weight is 241 g/mol. The van der Waals surface area contributed by atoms with Crippen LogP contribution in [0.5, 0.6) is 0 Å². The maximum Gasteiger partial charge on any atom is 0.140 e. The lowest BCUT2D eigenvalue weighted by Crippen LogP contribution is -2.48. The molecular formula is C16H19NO. The highest BCUT2D eigenvalue weighted by atomic mass is 16.1. The summed E-state index contributed by atoms with van der Waals surface area (Å²) in [7, 11) is 0. The molecule has 2 bridgehead atoms. The van der Waals surface area contributed by atoms with Crippen molar-refractivity contribution in [3.8, 4) is 0 Å². The summed E-state index contributed by atoms with van der Waals surface area (Å²) < 4.78 is 0. The Morgan fingerprint density at radius 1 is 1.28 bits per heavy atom. The molecule has 0 aromatic heterocycles. The van der Waals surface area contributed by atoms with Crippen LogP contribution in [0.3, 0.4) is 0 Å². The molecule has 2 heteroatoms. The van der Waals surface area contributed by atoms with E-state index in [9.17, 15) is 4.79 Å². The number of Topliss-reactive ketones (excluding diaryl/α,β-unsaturated/α-hetero) is 1. The molecule has 1 saturated heterocycles. The van der Waals surface area contributed by atoms with Gasteiger partial charge in [0.05, 0.1) is 0 Å². The number of hydrogen-bond donors (Lipinski definition) is 0. The van der Waals surface area contributed by atoms with Crippen molar-refractivity contribution in [3.05, 3.63) is 48.0 Å². The van der Waals surface area contributed by atoms with Crippen LogP contribution >= 0.6 is 0 Å². The number of piperidine rings is 1. The van der Waals surface area contributed by atoms with Crippen LogP contribution in [0.15, 0.2) is 42.5 Å². The Labute approximate surface area is 108 Å². The van der Waals surface area contributed by atoms with Crippen LogP contribution in [-0.4, -0.2) is 23.3 Å². The molecule has 1 saturated carbocycles. The Bertz CT molecular complexity index is 465. The van der Waals surface area contributed by atoms with Crippen molar-refractivity contribution in [3.63, 3.8) is 0 Å². The Kier molecular flexibility index (Phi) is 3.04. The van der Waals surface area contributed by atoms with Gasteiger partial charge in [0.15, 0.2) is 0 Å². The fourth-order valence-electron chi connectivity index (χ4n) is 3.23. The van der Waals surface area contributed by atoms with E-state index in [1.807, 2.05) is 6.07 Å². The van der Waals surface area contributed by atoms with Crippen molar-refractivity contribution in [1.29, 1.82) is 0 Å². The van der Waals surface area contributed by atoms with E-state index in [0.29, 0.717) is 11.8 Å². The van der Waals surface area contributed by atoms with Crippen LogP contribution in [-0.2, 0) is 11.3 Å². The molecule has 0 unspecified atom stereocenters. The third-order valence-corrected chi connectivity index (χ3v) is 4.26. The summed E-state index contributed by atoms with van der Waals surface area (Å²) >= 11 is 0. The SMILES string of the molecule is C=C1CN(Cc2ccccc2)[C@H]2CCC(=O)[C@@H]1C2. The number of likely N-dealkylation sites (tertiary alicyclic amines) is 1. The van der Waals surface area contributed by atoms with Crippen molar-refractivity contribution in [2.24, 2.45) is 5.92 Å². The van der Waals surface area contributed by atoms with Gasteiger partial charge in [0, 0.05) is 31.5 Å². The highest BCUT2D eigenvalue weighted by molar-refractivity contribution is 5.84. The fraction of sp³-hybridized carbons (Fsp3) is 0.438. The quantitative estimate of drug-likeness (QED) is 0.742. The molecule has 2 nitrogen and oxygen atoms in total. The summed E-state index contributed by atoms with van der Waals surface area (Å²) in [5.41, 5.74) is 2.47. The van der Waals surface area contributed by atoms with E-state index >= 15 is 0 Å². The summed E-state index contributed by atoms with van der Waals surface area (Å²) in [4.78, 5) is 14.3. The van der Waals surface area contributed by atoms with E-state index in [-0.39, 0.29) is 5.92 Å². The highest BCUT2D eigenvalue weighted by Gasteiger charge is 2.38. The second-order valence-electron chi connectivity index (χ2n) is 5.50. The molecule has 0 spiro atoms. The zero-order valence-electron chi connectivity index (χ0n) is 10.6. The molecule has 94 valence electrons. The molecule has 0 N–H and O–H groups in total. The highest BCUT2D eigenvalue weighted by Crippen LogP contribution is 2.35. The summed E-state index contributed by atoms with van der Waals surface area (Å²) in [5, 5.41) is 0. The van der Waals surface area contributed by atoms with Crippen molar-refractivity contribution in [2.45, 2.75) is 31.8 Å². The number of rotatable bonds is 2. The van der Waals surface area contributed by atoms with E-state index < -0.39 is 0 Å². The molecule has 1 aliphatic carbocycles. The van der Waals surface area contributed by atoms with Crippen LogP contribution in [0.4, 0.5) is 0 Å². The van der Waals surface area contributed by atoms with Gasteiger partial charge in [-0.15, -0.1) is 0 Å². The van der Waals surface area contributed by atoms with Gasteiger partial charge in [0.2, 0.25) is 0 Å². The maximum absolute atomic E-state index is 11.8. The molecular weight excluding hydrogens is 222 g/mol. The van der Waals surface area contributed by atoms with Crippen LogP contribution in [0.2, 0.25) is 0 Å². The first-order valence-electron chi connectivity index (χ1n) is 6.72.